The van der Waals surface area contributed by atoms with Crippen LogP contribution in [0.5, 0.6) is 5.75 Å². The first kappa shape index (κ1) is 39.5. The van der Waals surface area contributed by atoms with E-state index in [1.807, 2.05) is 0 Å². The smallest absolute Gasteiger partial charge is 0.426 e. The number of nitrogens with zero attached hydrogens (tertiary/aromatic N) is 1. The molecular formula is C28H47NO15. The highest BCUT2D eigenvalue weighted by Gasteiger charge is 2.18. The van der Waals surface area contributed by atoms with Gasteiger partial charge in [-0.3, -0.25) is 10.1 Å². The molecule has 16 nitrogen and oxygen atoms in total. The van der Waals surface area contributed by atoms with Crippen LogP contribution in [-0.4, -0.2) is 150 Å². The highest BCUT2D eigenvalue weighted by Crippen LogP contribution is 2.18. The molecule has 44 heavy (non-hydrogen) atoms. The Morgan fingerprint density at radius 3 is 1.27 bits per heavy atom. The van der Waals surface area contributed by atoms with E-state index < -0.39 is 17.2 Å². The molecule has 254 valence electrons. The molecule has 0 saturated heterocycles. The minimum atomic E-state index is -1.00. The summed E-state index contributed by atoms with van der Waals surface area (Å²) < 4.78 is 63.7. The summed E-state index contributed by atoms with van der Waals surface area (Å²) in [6.07, 6.45) is -1.79. The predicted molar refractivity (Wildman–Crippen MR) is 154 cm³/mol. The van der Waals surface area contributed by atoms with Gasteiger partial charge in [-0.15, -0.1) is 0 Å². The summed E-state index contributed by atoms with van der Waals surface area (Å²) in [5.74, 6) is 0.0931. The first-order valence-electron chi connectivity index (χ1n) is 14.3. The van der Waals surface area contributed by atoms with Crippen molar-refractivity contribution in [2.24, 2.45) is 0 Å². The molecule has 1 aromatic carbocycles. The average molecular weight is 638 g/mol. The van der Waals surface area contributed by atoms with Crippen LogP contribution in [0.3, 0.4) is 0 Å². The van der Waals surface area contributed by atoms with E-state index in [-0.39, 0.29) is 37.9 Å². The average Bonchev–Trinajstić information content (AvgIpc) is 3.01. The minimum Gasteiger partial charge on any atom is -0.426 e. The van der Waals surface area contributed by atoms with Gasteiger partial charge >= 0.3 is 6.16 Å². The van der Waals surface area contributed by atoms with E-state index in [1.165, 1.54) is 24.3 Å². The zero-order valence-corrected chi connectivity index (χ0v) is 25.7. The van der Waals surface area contributed by atoms with E-state index in [9.17, 15) is 14.9 Å². The van der Waals surface area contributed by atoms with Crippen molar-refractivity contribution in [1.29, 1.82) is 0 Å². The van der Waals surface area contributed by atoms with Crippen molar-refractivity contribution in [1.82, 2.24) is 0 Å². The number of non-ortho nitro benzene ring substituents is 1. The maximum absolute atomic E-state index is 12.3. The van der Waals surface area contributed by atoms with E-state index in [0.717, 1.165) is 0 Å². The Kier molecular flexibility index (Phi) is 26.2. The number of rotatable bonds is 31. The molecular weight excluding hydrogens is 590 g/mol. The lowest BCUT2D eigenvalue weighted by molar-refractivity contribution is -0.384. The van der Waals surface area contributed by atoms with Gasteiger partial charge in [0.1, 0.15) is 5.75 Å². The molecule has 0 atom stereocenters. The Balaban J connectivity index is 2.26. The molecule has 0 radical (unpaired) electrons. The van der Waals surface area contributed by atoms with E-state index in [1.54, 1.807) is 14.2 Å². The molecule has 1 aromatic rings. The van der Waals surface area contributed by atoms with Gasteiger partial charge in [-0.25, -0.2) is 4.79 Å². The number of nitro groups is 1. The second kappa shape index (κ2) is 29.2. The van der Waals surface area contributed by atoms with Crippen molar-refractivity contribution < 1.29 is 66.6 Å². The van der Waals surface area contributed by atoms with Crippen molar-refractivity contribution >= 4 is 11.8 Å². The first-order valence-corrected chi connectivity index (χ1v) is 14.3. The molecule has 0 aliphatic heterocycles. The number of carbonyl (C=O) groups is 1. The Morgan fingerprint density at radius 1 is 0.591 bits per heavy atom. The minimum absolute atomic E-state index is 0.0230. The molecule has 0 N–H and O–H groups in total. The van der Waals surface area contributed by atoms with Crippen LogP contribution in [0.1, 0.15) is 0 Å². The van der Waals surface area contributed by atoms with E-state index in [4.69, 9.17) is 56.8 Å². The molecule has 0 aliphatic carbocycles. The summed E-state index contributed by atoms with van der Waals surface area (Å²) in [7, 11) is 3.23. The number of carbonyl (C=O) groups excluding carboxylic acids is 1. The molecule has 0 heterocycles. The summed E-state index contributed by atoms with van der Waals surface area (Å²) in [6, 6.07) is 5.03. The van der Waals surface area contributed by atoms with Gasteiger partial charge in [0, 0.05) is 26.4 Å². The summed E-state index contributed by atoms with van der Waals surface area (Å²) in [5.41, 5.74) is -0.133. The lowest BCUT2D eigenvalue weighted by Gasteiger charge is -2.18. The van der Waals surface area contributed by atoms with Crippen LogP contribution in [-0.2, 0) is 52.1 Å². The van der Waals surface area contributed by atoms with Gasteiger partial charge in [-0.05, 0) is 12.1 Å². The third-order valence-electron chi connectivity index (χ3n) is 5.21. The molecule has 0 aliphatic rings. The van der Waals surface area contributed by atoms with Crippen molar-refractivity contribution in [3.8, 4) is 5.75 Å². The fourth-order valence-electron chi connectivity index (χ4n) is 3.04. The first-order chi connectivity index (χ1) is 21.6. The third-order valence-corrected chi connectivity index (χ3v) is 5.21. The van der Waals surface area contributed by atoms with Gasteiger partial charge in [-0.2, -0.15) is 0 Å². The normalized spacial score (nSPS) is 11.2. The van der Waals surface area contributed by atoms with Gasteiger partial charge in [0.15, 0.2) is 6.10 Å². The Hall–Kier alpha value is -2.51. The van der Waals surface area contributed by atoms with Crippen LogP contribution in [0.25, 0.3) is 0 Å². The topological polar surface area (TPSA) is 171 Å². The van der Waals surface area contributed by atoms with Crippen LogP contribution in [0.4, 0.5) is 10.5 Å². The van der Waals surface area contributed by atoms with Crippen molar-refractivity contribution in [3.63, 3.8) is 0 Å². The molecule has 0 amide bonds. The molecule has 0 aromatic heterocycles. The summed E-state index contributed by atoms with van der Waals surface area (Å²) in [5, 5.41) is 10.8. The number of ether oxygens (including phenoxy) is 12. The van der Waals surface area contributed by atoms with Crippen molar-refractivity contribution in [3.05, 3.63) is 34.4 Å². The maximum atomic E-state index is 12.3. The molecule has 0 saturated carbocycles. The van der Waals surface area contributed by atoms with Crippen LogP contribution in [0.2, 0.25) is 0 Å². The van der Waals surface area contributed by atoms with E-state index >= 15 is 0 Å². The van der Waals surface area contributed by atoms with E-state index in [0.29, 0.717) is 92.5 Å². The molecule has 0 spiro atoms. The number of nitro benzene ring substituents is 1. The molecule has 0 fully saturated rings. The van der Waals surface area contributed by atoms with E-state index in [2.05, 4.69) is 0 Å². The van der Waals surface area contributed by atoms with Gasteiger partial charge in [0.05, 0.1) is 124 Å². The summed E-state index contributed by atoms with van der Waals surface area (Å²) in [6.45, 7) is 6.78. The zero-order valence-electron chi connectivity index (χ0n) is 25.7. The molecule has 0 bridgehead atoms. The lowest BCUT2D eigenvalue weighted by Crippen LogP contribution is -2.31. The van der Waals surface area contributed by atoms with Gasteiger partial charge in [0.25, 0.3) is 5.69 Å². The second-order valence-electron chi connectivity index (χ2n) is 8.65. The Bertz CT molecular complexity index is 785. The number of benzene rings is 1. The van der Waals surface area contributed by atoms with Crippen LogP contribution in [0, 0.1) is 10.1 Å². The van der Waals surface area contributed by atoms with Crippen molar-refractivity contribution in [2.45, 2.75) is 6.10 Å². The Morgan fingerprint density at radius 2 is 0.932 bits per heavy atom. The number of hydrogen-bond acceptors (Lipinski definition) is 15. The predicted octanol–water partition coefficient (Wildman–Crippen LogP) is 1.90. The SMILES string of the molecule is COCCOCCOCCOCCOCC(COCCOCCOCCOCCOC)OC(=O)Oc1ccc([N+](=O)[O-])cc1. The van der Waals surface area contributed by atoms with Gasteiger partial charge in [0.2, 0.25) is 0 Å². The lowest BCUT2D eigenvalue weighted by atomic mass is 10.3. The van der Waals surface area contributed by atoms with Crippen LogP contribution in [0.15, 0.2) is 24.3 Å². The molecule has 1 rings (SSSR count). The highest BCUT2D eigenvalue weighted by atomic mass is 16.7. The van der Waals surface area contributed by atoms with Crippen molar-refractivity contribution in [2.75, 3.05) is 133 Å². The third kappa shape index (κ3) is 23.9. The highest BCUT2D eigenvalue weighted by molar-refractivity contribution is 5.64. The molecule has 16 heteroatoms. The zero-order chi connectivity index (χ0) is 31.9. The summed E-state index contributed by atoms with van der Waals surface area (Å²) in [4.78, 5) is 22.6. The van der Waals surface area contributed by atoms with Crippen LogP contribution < -0.4 is 4.74 Å². The van der Waals surface area contributed by atoms with Gasteiger partial charge in [-0.1, -0.05) is 0 Å². The fraction of sp³-hybridized carbons (Fsp3) is 0.750. The molecule has 0 unspecified atom stereocenters. The largest absolute Gasteiger partial charge is 0.514 e. The maximum Gasteiger partial charge on any atom is 0.514 e. The number of hydrogen-bond donors (Lipinski definition) is 0. The Labute approximate surface area is 258 Å². The quantitative estimate of drug-likeness (QED) is 0.0380. The van der Waals surface area contributed by atoms with Gasteiger partial charge < -0.3 is 56.8 Å². The van der Waals surface area contributed by atoms with Crippen LogP contribution >= 0.6 is 0 Å². The summed E-state index contributed by atoms with van der Waals surface area (Å²) >= 11 is 0. The fourth-order valence-corrected chi connectivity index (χ4v) is 3.04. The monoisotopic (exact) mass is 637 g/mol. The standard InChI is InChI=1S/C28H47NO15/c1-33-7-9-35-11-13-37-15-17-39-19-21-41-23-27(44-28(30)43-26-5-3-25(4-6-26)29(31)32)24-42-22-20-40-18-16-38-14-12-36-10-8-34-2/h3-6,27H,7-24H2,1-2H3. The number of methoxy groups -OCH3 is 2. The second-order valence-corrected chi connectivity index (χ2v) is 8.65.